The molecule has 0 spiro atoms. The first-order valence-electron chi connectivity index (χ1n) is 17.2. The van der Waals surface area contributed by atoms with Crippen molar-refractivity contribution in [2.75, 3.05) is 24.7 Å². The maximum absolute atomic E-state index is 6.39. The zero-order valence-electron chi connectivity index (χ0n) is 26.9. The number of hydrogen-bond donors (Lipinski definition) is 0. The third-order valence-corrected chi connectivity index (χ3v) is 18.4. The molecule has 2 unspecified atom stereocenters. The molecule has 0 fully saturated rings. The third kappa shape index (κ3) is 22.7. The molecule has 0 aliphatic heterocycles. The van der Waals surface area contributed by atoms with E-state index in [0.717, 1.165) is 13.2 Å². The fourth-order valence-corrected chi connectivity index (χ4v) is 15.7. The van der Waals surface area contributed by atoms with Gasteiger partial charge in [0.1, 0.15) is 0 Å². The zero-order valence-corrected chi connectivity index (χ0v) is 30.9. The Morgan fingerprint density at radius 3 is 1.03 bits per heavy atom. The monoisotopic (exact) mass is 606 g/mol. The van der Waals surface area contributed by atoms with Gasteiger partial charge in [-0.25, -0.2) is 0 Å². The summed E-state index contributed by atoms with van der Waals surface area (Å²) in [6.45, 7) is 15.6. The van der Waals surface area contributed by atoms with Crippen LogP contribution in [0.15, 0.2) is 0 Å². The van der Waals surface area contributed by atoms with Crippen LogP contribution in [0.4, 0.5) is 0 Å². The van der Waals surface area contributed by atoms with E-state index in [9.17, 15) is 0 Å². The van der Waals surface area contributed by atoms with Gasteiger partial charge in [0, 0.05) is 36.2 Å². The van der Waals surface area contributed by atoms with E-state index in [-0.39, 0.29) is 0 Å². The van der Waals surface area contributed by atoms with Crippen LogP contribution in [0, 0.1) is 0 Å². The predicted molar refractivity (Wildman–Crippen MR) is 186 cm³/mol. The summed E-state index contributed by atoms with van der Waals surface area (Å²) < 4.78 is 12.8. The Morgan fingerprint density at radius 2 is 0.763 bits per heavy atom. The molecular formula is C32H70O2S2Si2. The largest absolute Gasteiger partial charge is 0.382 e. The molecule has 0 aromatic carbocycles. The van der Waals surface area contributed by atoms with Crippen LogP contribution >= 0.6 is 21.6 Å². The van der Waals surface area contributed by atoms with Crippen LogP contribution in [-0.2, 0) is 9.47 Å². The van der Waals surface area contributed by atoms with Crippen LogP contribution in [0.25, 0.3) is 0 Å². The van der Waals surface area contributed by atoms with Gasteiger partial charge in [0.15, 0.2) is 0 Å². The van der Waals surface area contributed by atoms with Crippen molar-refractivity contribution in [1.82, 2.24) is 0 Å². The minimum atomic E-state index is -0.798. The number of rotatable bonds is 31. The highest BCUT2D eigenvalue weighted by molar-refractivity contribution is 8.76. The topological polar surface area (TPSA) is 18.5 Å². The lowest BCUT2D eigenvalue weighted by Gasteiger charge is -2.26. The van der Waals surface area contributed by atoms with E-state index in [1.807, 2.05) is 0 Å². The summed E-state index contributed by atoms with van der Waals surface area (Å²) in [6, 6.07) is 6.03. The average Bonchev–Trinajstić information content (AvgIpc) is 2.92. The first-order chi connectivity index (χ1) is 18.7. The second kappa shape index (κ2) is 31.0. The van der Waals surface area contributed by atoms with Crippen molar-refractivity contribution in [1.29, 1.82) is 0 Å². The normalized spacial score (nSPS) is 13.6. The maximum Gasteiger partial charge on any atom is 0.0717 e. The van der Waals surface area contributed by atoms with Gasteiger partial charge in [-0.05, 0) is 39.5 Å². The van der Waals surface area contributed by atoms with Crippen molar-refractivity contribution in [3.63, 3.8) is 0 Å². The standard InChI is InChI=1S/C32H70O2S2Si2/c1-7-13-17-27-37(28-18-14-8-2)31(33-11-5)23-21-25-35-36-26-22-24-32(34-12-6)38(29-19-15-9-3)30-20-16-10-4/h31-32,37-38H,7-30H2,1-6H3. The van der Waals surface area contributed by atoms with E-state index >= 15 is 0 Å². The van der Waals surface area contributed by atoms with E-state index < -0.39 is 17.6 Å². The summed E-state index contributed by atoms with van der Waals surface area (Å²) in [5, 5.41) is 0. The fourth-order valence-electron chi connectivity index (χ4n) is 5.80. The first kappa shape index (κ1) is 39.1. The van der Waals surface area contributed by atoms with E-state index in [1.54, 1.807) is 0 Å². The number of unbranched alkanes of at least 4 members (excludes halogenated alkanes) is 8. The molecule has 0 N–H and O–H groups in total. The Bertz CT molecular complexity index is 399. The summed E-state index contributed by atoms with van der Waals surface area (Å²) in [6.07, 6.45) is 22.1. The molecule has 0 aliphatic rings. The van der Waals surface area contributed by atoms with Gasteiger partial charge >= 0.3 is 0 Å². The Kier molecular flexibility index (Phi) is 31.9. The van der Waals surface area contributed by atoms with Gasteiger partial charge in [-0.1, -0.05) is 151 Å². The molecule has 0 aromatic rings. The van der Waals surface area contributed by atoms with E-state index in [1.165, 1.54) is 138 Å². The van der Waals surface area contributed by atoms with Gasteiger partial charge in [-0.15, -0.1) is 0 Å². The summed E-state index contributed by atoms with van der Waals surface area (Å²) in [7, 11) is 2.65. The van der Waals surface area contributed by atoms with E-state index in [2.05, 4.69) is 63.1 Å². The zero-order chi connectivity index (χ0) is 28.1. The quantitative estimate of drug-likeness (QED) is 0.0443. The van der Waals surface area contributed by atoms with Crippen molar-refractivity contribution < 1.29 is 9.47 Å². The van der Waals surface area contributed by atoms with Crippen molar-refractivity contribution in [2.45, 2.75) is 180 Å². The van der Waals surface area contributed by atoms with Crippen molar-refractivity contribution in [3.8, 4) is 0 Å². The van der Waals surface area contributed by atoms with Crippen LogP contribution < -0.4 is 0 Å². The fraction of sp³-hybridized carbons (Fsp3) is 1.00. The molecule has 6 heteroatoms. The van der Waals surface area contributed by atoms with Gasteiger partial charge in [0.2, 0.25) is 0 Å². The molecule has 0 aromatic heterocycles. The highest BCUT2D eigenvalue weighted by atomic mass is 33.1. The van der Waals surface area contributed by atoms with Crippen molar-refractivity contribution in [2.24, 2.45) is 0 Å². The molecule has 0 bridgehead atoms. The lowest BCUT2D eigenvalue weighted by molar-refractivity contribution is 0.106. The number of ether oxygens (including phenoxy) is 2. The Balaban J connectivity index is 4.42. The molecule has 0 aliphatic carbocycles. The molecule has 0 heterocycles. The molecule has 0 amide bonds. The van der Waals surface area contributed by atoms with Crippen LogP contribution in [0.2, 0.25) is 24.2 Å². The number of hydrogen-bond acceptors (Lipinski definition) is 4. The molecule has 2 atom stereocenters. The summed E-state index contributed by atoms with van der Waals surface area (Å²) in [4.78, 5) is 0. The summed E-state index contributed by atoms with van der Waals surface area (Å²) >= 11 is 0. The van der Waals surface area contributed by atoms with Gasteiger partial charge in [-0.2, -0.15) is 0 Å². The molecule has 0 rings (SSSR count). The van der Waals surface area contributed by atoms with E-state index in [4.69, 9.17) is 9.47 Å². The van der Waals surface area contributed by atoms with Crippen molar-refractivity contribution in [3.05, 3.63) is 0 Å². The predicted octanol–water partition coefficient (Wildman–Crippen LogP) is 11.0. The lowest BCUT2D eigenvalue weighted by Crippen LogP contribution is -2.33. The van der Waals surface area contributed by atoms with Crippen LogP contribution in [0.3, 0.4) is 0 Å². The highest BCUT2D eigenvalue weighted by Crippen LogP contribution is 2.27. The van der Waals surface area contributed by atoms with Gasteiger partial charge in [0.05, 0.1) is 17.6 Å². The molecule has 0 saturated heterocycles. The summed E-state index contributed by atoms with van der Waals surface area (Å²) in [5.41, 5.74) is 1.24. The minimum absolute atomic E-state index is 0.619. The molecule has 38 heavy (non-hydrogen) atoms. The summed E-state index contributed by atoms with van der Waals surface area (Å²) in [5.74, 6) is 2.58. The Morgan fingerprint density at radius 1 is 0.447 bits per heavy atom. The van der Waals surface area contributed by atoms with Gasteiger partial charge in [-0.3, -0.25) is 0 Å². The Hall–Kier alpha value is 1.05. The average molecular weight is 607 g/mol. The van der Waals surface area contributed by atoms with Crippen molar-refractivity contribution >= 4 is 39.2 Å². The smallest absolute Gasteiger partial charge is 0.0717 e. The Labute approximate surface area is 252 Å². The molecule has 230 valence electrons. The molecule has 0 saturated carbocycles. The van der Waals surface area contributed by atoms with Crippen LogP contribution in [0.5, 0.6) is 0 Å². The lowest BCUT2D eigenvalue weighted by atomic mass is 10.3. The second-order valence-corrected chi connectivity index (χ2v) is 21.0. The SMILES string of the molecule is CCCCC[SiH](CCCCC)C(CCCSSCCCC(OCC)[SiH](CCCCC)CCCCC)OCC. The third-order valence-electron chi connectivity index (χ3n) is 8.04. The molecule has 2 nitrogen and oxygen atoms in total. The first-order valence-corrected chi connectivity index (χ1v) is 24.2. The van der Waals surface area contributed by atoms with Crippen LogP contribution in [-0.4, -0.2) is 53.8 Å². The highest BCUT2D eigenvalue weighted by Gasteiger charge is 2.24. The minimum Gasteiger partial charge on any atom is -0.382 e. The van der Waals surface area contributed by atoms with E-state index in [0.29, 0.717) is 11.5 Å². The second-order valence-electron chi connectivity index (χ2n) is 11.4. The maximum atomic E-state index is 6.39. The molecule has 0 radical (unpaired) electrons. The van der Waals surface area contributed by atoms with Gasteiger partial charge < -0.3 is 9.47 Å². The van der Waals surface area contributed by atoms with Crippen LogP contribution in [0.1, 0.15) is 144 Å². The molecular weight excluding hydrogens is 537 g/mol. The van der Waals surface area contributed by atoms with Gasteiger partial charge in [0.25, 0.3) is 0 Å².